The number of carbonyl (C=O) groups excluding carboxylic acids is 1. The first-order chi connectivity index (χ1) is 12.8. The topological polar surface area (TPSA) is 85.0 Å². The van der Waals surface area contributed by atoms with E-state index in [-0.39, 0.29) is 17.7 Å². The highest BCUT2D eigenvalue weighted by molar-refractivity contribution is 6.30. The normalized spacial score (nSPS) is 10.9. The Bertz CT molecular complexity index is 951. The van der Waals surface area contributed by atoms with E-state index >= 15 is 0 Å². The van der Waals surface area contributed by atoms with Crippen molar-refractivity contribution in [3.05, 3.63) is 59.4 Å². The minimum Gasteiger partial charge on any atom is -0.382 e. The Morgan fingerprint density at radius 2 is 1.78 bits per heavy atom. The van der Waals surface area contributed by atoms with E-state index in [2.05, 4.69) is 15.7 Å². The van der Waals surface area contributed by atoms with Crippen molar-refractivity contribution in [2.45, 2.75) is 19.9 Å². The van der Waals surface area contributed by atoms with E-state index in [1.54, 1.807) is 36.4 Å². The molecule has 27 heavy (non-hydrogen) atoms. The van der Waals surface area contributed by atoms with Crippen molar-refractivity contribution in [2.75, 3.05) is 11.1 Å². The van der Waals surface area contributed by atoms with Gasteiger partial charge in [-0.15, -0.1) is 0 Å². The van der Waals surface area contributed by atoms with E-state index < -0.39 is 6.03 Å². The van der Waals surface area contributed by atoms with E-state index in [0.29, 0.717) is 22.1 Å². The number of nitrogens with one attached hydrogen (secondary N) is 2. The minimum atomic E-state index is -0.398. The Labute approximate surface area is 161 Å². The number of nitrogens with two attached hydrogens (primary N) is 1. The predicted octanol–water partition coefficient (Wildman–Crippen LogP) is 4.44. The molecule has 0 fully saturated rings. The molecule has 2 amide bonds. The second kappa shape index (κ2) is 7.67. The molecule has 6 nitrogen and oxygen atoms in total. The van der Waals surface area contributed by atoms with E-state index in [1.165, 1.54) is 16.8 Å². The van der Waals surface area contributed by atoms with Gasteiger partial charge in [0.15, 0.2) is 5.82 Å². The van der Waals surface area contributed by atoms with Crippen molar-refractivity contribution >= 4 is 29.1 Å². The van der Waals surface area contributed by atoms with Gasteiger partial charge in [0, 0.05) is 16.6 Å². The SMILES string of the molecule is CC(C)NC(=O)Nc1c(-c2ccc(Cl)cc2)nn(-c2ccc(F)cc2)c1N. The summed E-state index contributed by atoms with van der Waals surface area (Å²) in [7, 11) is 0. The van der Waals surface area contributed by atoms with Crippen LogP contribution >= 0.6 is 11.6 Å². The molecule has 0 bridgehead atoms. The summed E-state index contributed by atoms with van der Waals surface area (Å²) in [5.41, 5.74) is 8.40. The van der Waals surface area contributed by atoms with Crippen molar-refractivity contribution < 1.29 is 9.18 Å². The quantitative estimate of drug-likeness (QED) is 0.618. The third-order valence-corrected chi connectivity index (χ3v) is 4.02. The Kier molecular flexibility index (Phi) is 5.32. The van der Waals surface area contributed by atoms with E-state index in [4.69, 9.17) is 17.3 Å². The Balaban J connectivity index is 2.09. The van der Waals surface area contributed by atoms with Crippen LogP contribution in [0.2, 0.25) is 5.02 Å². The van der Waals surface area contributed by atoms with Crippen LogP contribution in [0.3, 0.4) is 0 Å². The number of halogens is 2. The first kappa shape index (κ1) is 18.7. The maximum atomic E-state index is 13.2. The summed E-state index contributed by atoms with van der Waals surface area (Å²) < 4.78 is 14.7. The molecular weight excluding hydrogens is 369 g/mol. The van der Waals surface area contributed by atoms with Crippen molar-refractivity contribution in [1.29, 1.82) is 0 Å². The first-order valence-corrected chi connectivity index (χ1v) is 8.71. The number of nitrogen functional groups attached to an aromatic ring is 1. The third-order valence-electron chi connectivity index (χ3n) is 3.77. The number of rotatable bonds is 4. The number of hydrogen-bond donors (Lipinski definition) is 3. The molecule has 0 unspecified atom stereocenters. The largest absolute Gasteiger partial charge is 0.382 e. The fourth-order valence-corrected chi connectivity index (χ4v) is 2.68. The molecule has 8 heteroatoms. The average molecular weight is 388 g/mol. The van der Waals surface area contributed by atoms with Crippen LogP contribution in [0.15, 0.2) is 48.5 Å². The van der Waals surface area contributed by atoms with Gasteiger partial charge < -0.3 is 16.4 Å². The molecule has 1 aromatic heterocycles. The lowest BCUT2D eigenvalue weighted by Gasteiger charge is -2.11. The summed E-state index contributed by atoms with van der Waals surface area (Å²) in [5, 5.41) is 10.6. The molecule has 0 spiro atoms. The van der Waals surface area contributed by atoms with Crippen LogP contribution in [0.5, 0.6) is 0 Å². The van der Waals surface area contributed by atoms with Crippen molar-refractivity contribution in [3.8, 4) is 16.9 Å². The number of benzene rings is 2. The van der Waals surface area contributed by atoms with Gasteiger partial charge in [-0.05, 0) is 50.2 Å². The Morgan fingerprint density at radius 1 is 1.15 bits per heavy atom. The molecule has 4 N–H and O–H groups in total. The van der Waals surface area contributed by atoms with E-state index in [9.17, 15) is 9.18 Å². The highest BCUT2D eigenvalue weighted by atomic mass is 35.5. The molecule has 0 atom stereocenters. The maximum absolute atomic E-state index is 13.2. The Hall–Kier alpha value is -3.06. The molecule has 3 rings (SSSR count). The second-order valence-electron chi connectivity index (χ2n) is 6.26. The zero-order valence-corrected chi connectivity index (χ0v) is 15.6. The lowest BCUT2D eigenvalue weighted by Crippen LogP contribution is -2.34. The van der Waals surface area contributed by atoms with E-state index in [1.807, 2.05) is 13.8 Å². The molecule has 0 saturated heterocycles. The summed E-state index contributed by atoms with van der Waals surface area (Å²) in [6, 6.07) is 12.3. The van der Waals surface area contributed by atoms with Crippen LogP contribution in [-0.2, 0) is 0 Å². The summed E-state index contributed by atoms with van der Waals surface area (Å²) >= 11 is 5.96. The number of hydrogen-bond acceptors (Lipinski definition) is 3. The molecule has 1 heterocycles. The van der Waals surface area contributed by atoms with Gasteiger partial charge in [-0.3, -0.25) is 0 Å². The Morgan fingerprint density at radius 3 is 2.37 bits per heavy atom. The summed E-state index contributed by atoms with van der Waals surface area (Å²) in [4.78, 5) is 12.2. The van der Waals surface area contributed by atoms with Crippen LogP contribution in [0.4, 0.5) is 20.7 Å². The molecule has 0 saturated carbocycles. The smallest absolute Gasteiger partial charge is 0.319 e. The zero-order valence-electron chi connectivity index (χ0n) is 14.8. The highest BCUT2D eigenvalue weighted by Gasteiger charge is 2.20. The van der Waals surface area contributed by atoms with Gasteiger partial charge in [-0.1, -0.05) is 23.7 Å². The molecule has 3 aromatic rings. The molecule has 0 aliphatic carbocycles. The van der Waals surface area contributed by atoms with Crippen LogP contribution in [-0.4, -0.2) is 21.9 Å². The van der Waals surface area contributed by atoms with Crippen LogP contribution in [0.1, 0.15) is 13.8 Å². The summed E-state index contributed by atoms with van der Waals surface area (Å²) in [6.45, 7) is 3.70. The van der Waals surface area contributed by atoms with Crippen LogP contribution in [0, 0.1) is 5.82 Å². The number of anilines is 2. The zero-order chi connectivity index (χ0) is 19.6. The number of aromatic nitrogens is 2. The number of carbonyl (C=O) groups is 1. The predicted molar refractivity (Wildman–Crippen MR) is 106 cm³/mol. The molecule has 0 aliphatic rings. The van der Waals surface area contributed by atoms with E-state index in [0.717, 1.165) is 5.56 Å². The monoisotopic (exact) mass is 387 g/mol. The maximum Gasteiger partial charge on any atom is 0.319 e. The standard InChI is InChI=1S/C19H19ClFN5O/c1-11(2)23-19(27)24-17-16(12-3-5-13(20)6-4-12)25-26(18(17)22)15-9-7-14(21)8-10-15/h3-11H,22H2,1-2H3,(H2,23,24,27). The minimum absolute atomic E-state index is 0.0441. The van der Waals surface area contributed by atoms with Gasteiger partial charge in [0.2, 0.25) is 0 Å². The number of nitrogens with zero attached hydrogens (tertiary/aromatic N) is 2. The molecule has 140 valence electrons. The lowest BCUT2D eigenvalue weighted by atomic mass is 10.1. The van der Waals surface area contributed by atoms with Gasteiger partial charge in [0.25, 0.3) is 0 Å². The average Bonchev–Trinajstić information content (AvgIpc) is 2.92. The molecule has 0 aliphatic heterocycles. The second-order valence-corrected chi connectivity index (χ2v) is 6.69. The van der Waals surface area contributed by atoms with Gasteiger partial charge in [0.05, 0.1) is 5.69 Å². The molecular formula is C19H19ClFN5O. The van der Waals surface area contributed by atoms with Gasteiger partial charge >= 0.3 is 6.03 Å². The first-order valence-electron chi connectivity index (χ1n) is 8.33. The summed E-state index contributed by atoms with van der Waals surface area (Å²) in [6.07, 6.45) is 0. The fourth-order valence-electron chi connectivity index (χ4n) is 2.56. The molecule has 0 radical (unpaired) electrons. The van der Waals surface area contributed by atoms with Crippen LogP contribution < -0.4 is 16.4 Å². The lowest BCUT2D eigenvalue weighted by molar-refractivity contribution is 0.250. The summed E-state index contributed by atoms with van der Waals surface area (Å²) in [5.74, 6) is -0.137. The van der Waals surface area contributed by atoms with Crippen molar-refractivity contribution in [1.82, 2.24) is 15.1 Å². The number of urea groups is 1. The van der Waals surface area contributed by atoms with Gasteiger partial charge in [-0.2, -0.15) is 5.10 Å². The third kappa shape index (κ3) is 4.20. The van der Waals surface area contributed by atoms with Gasteiger partial charge in [-0.25, -0.2) is 13.9 Å². The fraction of sp³-hybridized carbons (Fsp3) is 0.158. The highest BCUT2D eigenvalue weighted by Crippen LogP contribution is 2.34. The van der Waals surface area contributed by atoms with Gasteiger partial charge in [0.1, 0.15) is 17.2 Å². The number of amides is 2. The molecule has 2 aromatic carbocycles. The van der Waals surface area contributed by atoms with Crippen molar-refractivity contribution in [2.24, 2.45) is 0 Å². The van der Waals surface area contributed by atoms with Crippen molar-refractivity contribution in [3.63, 3.8) is 0 Å². The van der Waals surface area contributed by atoms with Crippen LogP contribution in [0.25, 0.3) is 16.9 Å².